The molecule has 1 heterocycles. The van der Waals surface area contributed by atoms with Gasteiger partial charge in [-0.3, -0.25) is 4.99 Å². The van der Waals surface area contributed by atoms with Gasteiger partial charge in [0.15, 0.2) is 0 Å². The van der Waals surface area contributed by atoms with E-state index in [4.69, 9.17) is 15.9 Å². The van der Waals surface area contributed by atoms with E-state index in [1.165, 1.54) is 43.8 Å². The van der Waals surface area contributed by atoms with Gasteiger partial charge in [0.05, 0.1) is 0 Å². The molecular weight excluding hydrogens is 659 g/mol. The highest BCUT2D eigenvalue weighted by Crippen LogP contribution is 2.43. The third kappa shape index (κ3) is 8.25. The molecule has 0 fully saturated rings. The molecule has 4 nitrogen and oxygen atoms in total. The van der Waals surface area contributed by atoms with E-state index in [1.54, 1.807) is 7.05 Å². The predicted molar refractivity (Wildman–Crippen MR) is 234 cm³/mol. The van der Waals surface area contributed by atoms with Crippen LogP contribution in [-0.2, 0) is 6.54 Å². The van der Waals surface area contributed by atoms with Gasteiger partial charge in [-0.15, -0.1) is 0 Å². The lowest BCUT2D eigenvalue weighted by Gasteiger charge is -2.12. The molecule has 0 atom stereocenters. The first-order chi connectivity index (χ1) is 26.5. The molecule has 0 amide bonds. The van der Waals surface area contributed by atoms with Crippen LogP contribution in [0.5, 0.6) is 0 Å². The molecule has 0 radical (unpaired) electrons. The average molecular weight is 706 g/mol. The van der Waals surface area contributed by atoms with Crippen molar-refractivity contribution in [2.75, 3.05) is 7.05 Å². The van der Waals surface area contributed by atoms with E-state index in [0.29, 0.717) is 12.4 Å². The zero-order chi connectivity index (χ0) is 37.9. The van der Waals surface area contributed by atoms with Gasteiger partial charge in [0.25, 0.3) is 0 Å². The number of rotatable bonds is 6. The van der Waals surface area contributed by atoms with Crippen molar-refractivity contribution in [1.29, 1.82) is 0 Å². The van der Waals surface area contributed by atoms with Gasteiger partial charge in [-0.05, 0) is 82.8 Å². The fourth-order valence-electron chi connectivity index (χ4n) is 6.73. The molecule has 0 aliphatic heterocycles. The molecule has 4 heteroatoms. The highest BCUT2D eigenvalue weighted by atomic mass is 16.3. The monoisotopic (exact) mass is 705 g/mol. The van der Waals surface area contributed by atoms with Crippen molar-refractivity contribution in [3.63, 3.8) is 0 Å². The van der Waals surface area contributed by atoms with Gasteiger partial charge in [0, 0.05) is 35.5 Å². The minimum Gasteiger partial charge on any atom is -0.455 e. The molecule has 7 aromatic carbocycles. The number of aliphatic imine (C=N–C) groups is 1. The molecule has 8 rings (SSSR count). The second-order valence-corrected chi connectivity index (χ2v) is 13.0. The lowest BCUT2D eigenvalue weighted by Crippen LogP contribution is -2.13. The third-order valence-corrected chi connectivity index (χ3v) is 9.37. The van der Waals surface area contributed by atoms with Crippen molar-refractivity contribution in [1.82, 2.24) is 0 Å². The number of benzene rings is 7. The Morgan fingerprint density at radius 3 is 1.87 bits per heavy atom. The van der Waals surface area contributed by atoms with Crippen molar-refractivity contribution < 1.29 is 4.42 Å². The van der Waals surface area contributed by atoms with Gasteiger partial charge < -0.3 is 15.9 Å². The van der Waals surface area contributed by atoms with E-state index in [-0.39, 0.29) is 0 Å². The summed E-state index contributed by atoms with van der Waals surface area (Å²) in [5.74, 6) is 0.561. The summed E-state index contributed by atoms with van der Waals surface area (Å²) in [7, 11) is 1.68. The largest absolute Gasteiger partial charge is 0.455 e. The minimum atomic E-state index is 0.466. The van der Waals surface area contributed by atoms with Crippen LogP contribution in [0.3, 0.4) is 0 Å². The van der Waals surface area contributed by atoms with Crippen molar-refractivity contribution in [3.8, 4) is 22.3 Å². The molecule has 4 N–H and O–H groups in total. The first kappa shape index (κ1) is 37.3. The van der Waals surface area contributed by atoms with Crippen molar-refractivity contribution in [2.45, 2.75) is 27.3 Å². The van der Waals surface area contributed by atoms with E-state index < -0.39 is 0 Å². The van der Waals surface area contributed by atoms with Gasteiger partial charge in [-0.25, -0.2) is 0 Å². The molecule has 268 valence electrons. The van der Waals surface area contributed by atoms with Crippen LogP contribution in [0.1, 0.15) is 25.0 Å². The Morgan fingerprint density at radius 2 is 1.26 bits per heavy atom. The van der Waals surface area contributed by atoms with E-state index in [1.807, 2.05) is 74.6 Å². The Labute approximate surface area is 318 Å². The lowest BCUT2D eigenvalue weighted by atomic mass is 9.91. The maximum atomic E-state index is 6.55. The second-order valence-electron chi connectivity index (χ2n) is 13.0. The summed E-state index contributed by atoms with van der Waals surface area (Å²) in [5.41, 5.74) is 21.6. The summed E-state index contributed by atoms with van der Waals surface area (Å²) in [6, 6.07) is 51.1. The Bertz CT molecular complexity index is 2630. The first-order valence-corrected chi connectivity index (χ1v) is 18.3. The van der Waals surface area contributed by atoms with E-state index in [0.717, 1.165) is 38.6 Å². The minimum absolute atomic E-state index is 0.466. The average Bonchev–Trinajstić information content (AvgIpc) is 3.61. The van der Waals surface area contributed by atoms with Gasteiger partial charge >= 0.3 is 0 Å². The van der Waals surface area contributed by atoms with Gasteiger partial charge in [-0.2, -0.15) is 0 Å². The SMILES string of the molecule is C\C=C/C=C(\C=C/C)C(N)=NC.Cc1ccccc1.NCc1cccc2oc3c(-c4cccc5ccccc45)cc(-c4cccc5ccccc45)cc3c12. The van der Waals surface area contributed by atoms with E-state index in [9.17, 15) is 0 Å². The van der Waals surface area contributed by atoms with Crippen molar-refractivity contribution in [3.05, 3.63) is 193 Å². The summed E-state index contributed by atoms with van der Waals surface area (Å²) in [6.45, 7) is 6.46. The molecule has 0 aliphatic rings. The van der Waals surface area contributed by atoms with Crippen LogP contribution in [0.15, 0.2) is 191 Å². The molecule has 8 aromatic rings. The van der Waals surface area contributed by atoms with Crippen LogP contribution in [0.2, 0.25) is 0 Å². The smallest absolute Gasteiger partial charge is 0.143 e. The number of nitrogens with two attached hydrogens (primary N) is 2. The molecular formula is C50H47N3O. The third-order valence-electron chi connectivity index (χ3n) is 9.37. The number of aryl methyl sites for hydroxylation is 1. The zero-order valence-corrected chi connectivity index (χ0v) is 31.5. The maximum Gasteiger partial charge on any atom is 0.143 e. The Balaban J connectivity index is 0.000000217. The molecule has 0 unspecified atom stereocenters. The van der Waals surface area contributed by atoms with Crippen LogP contribution < -0.4 is 11.5 Å². The Kier molecular flexibility index (Phi) is 12.3. The topological polar surface area (TPSA) is 77.5 Å². The number of fused-ring (bicyclic) bond motifs is 5. The van der Waals surface area contributed by atoms with Crippen LogP contribution in [0.25, 0.3) is 65.7 Å². The highest BCUT2D eigenvalue weighted by molar-refractivity contribution is 6.15. The fraction of sp³-hybridized carbons (Fsp3) is 0.100. The summed E-state index contributed by atoms with van der Waals surface area (Å²) in [5, 5.41) is 7.11. The number of hydrogen-bond acceptors (Lipinski definition) is 3. The fourth-order valence-corrected chi connectivity index (χ4v) is 6.73. The van der Waals surface area contributed by atoms with Gasteiger partial charge in [0.2, 0.25) is 0 Å². The number of nitrogens with zero attached hydrogens (tertiary/aromatic N) is 1. The molecule has 54 heavy (non-hydrogen) atoms. The summed E-state index contributed by atoms with van der Waals surface area (Å²) in [4.78, 5) is 3.90. The maximum absolute atomic E-state index is 6.55. The first-order valence-electron chi connectivity index (χ1n) is 18.3. The summed E-state index contributed by atoms with van der Waals surface area (Å²) >= 11 is 0. The number of amidine groups is 1. The van der Waals surface area contributed by atoms with Crippen molar-refractivity contribution in [2.24, 2.45) is 16.5 Å². The molecule has 0 saturated heterocycles. The van der Waals surface area contributed by atoms with Gasteiger partial charge in [-0.1, -0.05) is 163 Å². The van der Waals surface area contributed by atoms with E-state index in [2.05, 4.69) is 127 Å². The summed E-state index contributed by atoms with van der Waals surface area (Å²) in [6.07, 6.45) is 9.69. The number of furan rings is 1. The van der Waals surface area contributed by atoms with Crippen molar-refractivity contribution >= 4 is 49.3 Å². The number of hydrogen-bond donors (Lipinski definition) is 2. The normalized spacial score (nSPS) is 12.0. The van der Waals surface area contributed by atoms with Crippen LogP contribution in [0.4, 0.5) is 0 Å². The molecule has 0 spiro atoms. The zero-order valence-electron chi connectivity index (χ0n) is 31.5. The number of allylic oxidation sites excluding steroid dienone is 4. The molecule has 1 aromatic heterocycles. The van der Waals surface area contributed by atoms with E-state index >= 15 is 0 Å². The Hall–Kier alpha value is -6.49. The molecule has 0 saturated carbocycles. The molecule has 0 bridgehead atoms. The highest BCUT2D eigenvalue weighted by Gasteiger charge is 2.19. The van der Waals surface area contributed by atoms with Crippen LogP contribution in [0, 0.1) is 6.92 Å². The molecule has 0 aliphatic carbocycles. The van der Waals surface area contributed by atoms with Crippen LogP contribution in [-0.4, -0.2) is 12.9 Å². The quantitative estimate of drug-likeness (QED) is 0.103. The van der Waals surface area contributed by atoms with Crippen LogP contribution >= 0.6 is 0 Å². The summed E-state index contributed by atoms with van der Waals surface area (Å²) < 4.78 is 6.55. The Morgan fingerprint density at radius 1 is 0.648 bits per heavy atom. The second kappa shape index (κ2) is 17.8. The predicted octanol–water partition coefficient (Wildman–Crippen LogP) is 12.7. The standard InChI is InChI=1S/C33H23NO.C10H16N2.C7H8/c34-20-23-12-7-17-31-32(23)30-19-24(27-15-5-10-21-8-1-3-13-25(21)27)18-29(33(30)35-31)28-16-6-11-22-9-2-4-14-26(22)28;1-4-6-8-9(7-5-2)10(11)12-3;1-7-5-3-2-4-6-7/h1-19H,20,34H2;4-8H,1-3H3,(H2,11,12);2-6H,1H3/b;6-4-,7-5-,9-8+;. The lowest BCUT2D eigenvalue weighted by molar-refractivity contribution is 0.670. The van der Waals surface area contributed by atoms with Gasteiger partial charge in [0.1, 0.15) is 17.0 Å².